The molecule has 0 saturated carbocycles. The van der Waals surface area contributed by atoms with Crippen molar-refractivity contribution in [1.82, 2.24) is 10.3 Å². The highest BCUT2D eigenvalue weighted by atomic mass is 16.4. The first-order valence-corrected chi connectivity index (χ1v) is 5.26. The molecule has 1 amide bonds. The number of aromatic carboxylic acids is 1. The Labute approximate surface area is 99.1 Å². The van der Waals surface area contributed by atoms with Crippen LogP contribution in [0.5, 0.6) is 0 Å². The molecule has 6 nitrogen and oxygen atoms in total. The third-order valence-electron chi connectivity index (χ3n) is 2.12. The normalized spacial score (nSPS) is 9.76. The van der Waals surface area contributed by atoms with Crippen molar-refractivity contribution in [2.24, 2.45) is 0 Å². The minimum atomic E-state index is -1.01. The maximum atomic E-state index is 11.2. The van der Waals surface area contributed by atoms with Crippen LogP contribution in [0.25, 0.3) is 0 Å². The second kappa shape index (κ2) is 5.83. The summed E-state index contributed by atoms with van der Waals surface area (Å²) < 4.78 is 0. The van der Waals surface area contributed by atoms with E-state index in [1.807, 2.05) is 6.92 Å². The lowest BCUT2D eigenvalue weighted by molar-refractivity contribution is -0.119. The van der Waals surface area contributed by atoms with E-state index in [1.165, 1.54) is 12.1 Å². The fraction of sp³-hybridized carbons (Fsp3) is 0.364. The number of aromatic nitrogens is 1. The van der Waals surface area contributed by atoms with Crippen LogP contribution in [0, 0.1) is 6.92 Å². The van der Waals surface area contributed by atoms with E-state index in [9.17, 15) is 9.59 Å². The smallest absolute Gasteiger partial charge is 0.337 e. The number of amides is 1. The monoisotopic (exact) mass is 237 g/mol. The van der Waals surface area contributed by atoms with Crippen molar-refractivity contribution in [3.63, 3.8) is 0 Å². The number of carboxylic acid groups (broad SMARTS) is 1. The molecule has 3 N–H and O–H groups in total. The number of aryl methyl sites for hydroxylation is 1. The van der Waals surface area contributed by atoms with Crippen molar-refractivity contribution in [2.75, 3.05) is 18.4 Å². The fourth-order valence-corrected chi connectivity index (χ4v) is 1.32. The lowest BCUT2D eigenvalue weighted by Crippen LogP contribution is -2.29. The number of nitrogens with zero attached hydrogens (tertiary/aromatic N) is 1. The summed E-state index contributed by atoms with van der Waals surface area (Å²) in [6, 6.07) is 3.00. The molecule has 0 aliphatic heterocycles. The van der Waals surface area contributed by atoms with Gasteiger partial charge in [0.2, 0.25) is 5.91 Å². The number of likely N-dealkylation sites (N-methyl/N-ethyl adjacent to an activating group) is 1. The highest BCUT2D eigenvalue weighted by Crippen LogP contribution is 2.10. The van der Waals surface area contributed by atoms with Crippen LogP contribution in [-0.2, 0) is 4.79 Å². The maximum absolute atomic E-state index is 11.2. The lowest BCUT2D eigenvalue weighted by Gasteiger charge is -2.07. The topological polar surface area (TPSA) is 91.3 Å². The Kier molecular flexibility index (Phi) is 4.45. The van der Waals surface area contributed by atoms with Gasteiger partial charge < -0.3 is 15.7 Å². The predicted molar refractivity (Wildman–Crippen MR) is 63.1 cm³/mol. The van der Waals surface area contributed by atoms with E-state index in [-0.39, 0.29) is 18.0 Å². The Morgan fingerprint density at radius 3 is 2.65 bits per heavy atom. The average Bonchev–Trinajstić information content (AvgIpc) is 2.26. The van der Waals surface area contributed by atoms with Crippen molar-refractivity contribution in [3.8, 4) is 0 Å². The SMILES string of the molecule is CCNC(=O)CNc1ccc(C(=O)O)c(C)n1. The van der Waals surface area contributed by atoms with Gasteiger partial charge in [0.25, 0.3) is 0 Å². The number of carbonyl (C=O) groups excluding carboxylic acids is 1. The van der Waals surface area contributed by atoms with Crippen LogP contribution in [0.3, 0.4) is 0 Å². The molecule has 1 rings (SSSR count). The van der Waals surface area contributed by atoms with Gasteiger partial charge in [0.1, 0.15) is 5.82 Å². The van der Waals surface area contributed by atoms with Crippen LogP contribution in [0.2, 0.25) is 0 Å². The number of anilines is 1. The Morgan fingerprint density at radius 2 is 2.12 bits per heavy atom. The minimum absolute atomic E-state index is 0.118. The van der Waals surface area contributed by atoms with Crippen molar-refractivity contribution < 1.29 is 14.7 Å². The summed E-state index contributed by atoms with van der Waals surface area (Å²) in [6.07, 6.45) is 0. The molecule has 0 saturated heterocycles. The van der Waals surface area contributed by atoms with Gasteiger partial charge in [-0.1, -0.05) is 0 Å². The standard InChI is InChI=1S/C11H15N3O3/c1-3-12-10(15)6-13-9-5-4-8(11(16)17)7(2)14-9/h4-5H,3,6H2,1-2H3,(H,12,15)(H,13,14)(H,16,17). The molecule has 0 aliphatic carbocycles. The molecule has 6 heteroatoms. The molecule has 1 aromatic heterocycles. The van der Waals surface area contributed by atoms with Gasteiger partial charge in [-0.2, -0.15) is 0 Å². The molecule has 0 bridgehead atoms. The van der Waals surface area contributed by atoms with Gasteiger partial charge in [-0.15, -0.1) is 0 Å². The Bertz CT molecular complexity index is 432. The van der Waals surface area contributed by atoms with E-state index in [0.717, 1.165) is 0 Å². The molecule has 17 heavy (non-hydrogen) atoms. The summed E-state index contributed by atoms with van der Waals surface area (Å²) in [4.78, 5) is 26.0. The van der Waals surface area contributed by atoms with Gasteiger partial charge in [0, 0.05) is 6.54 Å². The molecule has 0 unspecified atom stereocenters. The van der Waals surface area contributed by atoms with Gasteiger partial charge in [-0.25, -0.2) is 9.78 Å². The third kappa shape index (κ3) is 3.75. The van der Waals surface area contributed by atoms with Crippen LogP contribution < -0.4 is 10.6 Å². The van der Waals surface area contributed by atoms with Crippen LogP contribution in [0.4, 0.5) is 5.82 Å². The Balaban J connectivity index is 2.65. The summed E-state index contributed by atoms with van der Waals surface area (Å²) >= 11 is 0. The predicted octanol–water partition coefficient (Wildman–Crippen LogP) is 0.636. The average molecular weight is 237 g/mol. The van der Waals surface area contributed by atoms with E-state index in [1.54, 1.807) is 6.92 Å². The maximum Gasteiger partial charge on any atom is 0.337 e. The Hall–Kier alpha value is -2.11. The lowest BCUT2D eigenvalue weighted by atomic mass is 10.2. The van der Waals surface area contributed by atoms with E-state index in [4.69, 9.17) is 5.11 Å². The number of carbonyl (C=O) groups is 2. The molecule has 0 radical (unpaired) electrons. The van der Waals surface area contributed by atoms with E-state index < -0.39 is 5.97 Å². The summed E-state index contributed by atoms with van der Waals surface area (Å²) in [5.41, 5.74) is 0.576. The quantitative estimate of drug-likeness (QED) is 0.699. The van der Waals surface area contributed by atoms with Crippen LogP contribution >= 0.6 is 0 Å². The van der Waals surface area contributed by atoms with Gasteiger partial charge in [-0.05, 0) is 26.0 Å². The molecule has 0 aromatic carbocycles. The zero-order chi connectivity index (χ0) is 12.8. The highest BCUT2D eigenvalue weighted by Gasteiger charge is 2.08. The van der Waals surface area contributed by atoms with E-state index >= 15 is 0 Å². The fourth-order valence-electron chi connectivity index (χ4n) is 1.32. The number of pyridine rings is 1. The number of carboxylic acids is 1. The first kappa shape index (κ1) is 13.0. The first-order chi connectivity index (χ1) is 8.04. The number of rotatable bonds is 5. The summed E-state index contributed by atoms with van der Waals surface area (Å²) in [5, 5.41) is 14.3. The van der Waals surface area contributed by atoms with Gasteiger partial charge in [0.05, 0.1) is 17.8 Å². The molecular weight excluding hydrogens is 222 g/mol. The van der Waals surface area contributed by atoms with E-state index in [2.05, 4.69) is 15.6 Å². The number of nitrogens with one attached hydrogen (secondary N) is 2. The Morgan fingerprint density at radius 1 is 1.41 bits per heavy atom. The second-order valence-electron chi connectivity index (χ2n) is 3.44. The van der Waals surface area contributed by atoms with Crippen molar-refractivity contribution in [2.45, 2.75) is 13.8 Å². The molecule has 0 spiro atoms. The highest BCUT2D eigenvalue weighted by molar-refractivity contribution is 5.89. The molecule has 0 fully saturated rings. The zero-order valence-electron chi connectivity index (χ0n) is 9.78. The molecule has 0 atom stereocenters. The molecule has 0 aliphatic rings. The van der Waals surface area contributed by atoms with Crippen LogP contribution in [-0.4, -0.2) is 35.1 Å². The first-order valence-electron chi connectivity index (χ1n) is 5.26. The summed E-state index contributed by atoms with van der Waals surface area (Å²) in [6.45, 7) is 4.14. The molecule has 1 aromatic rings. The van der Waals surface area contributed by atoms with Gasteiger partial charge in [-0.3, -0.25) is 4.79 Å². The van der Waals surface area contributed by atoms with Crippen molar-refractivity contribution in [1.29, 1.82) is 0 Å². The largest absolute Gasteiger partial charge is 0.478 e. The van der Waals surface area contributed by atoms with Crippen molar-refractivity contribution >= 4 is 17.7 Å². The van der Waals surface area contributed by atoms with E-state index in [0.29, 0.717) is 18.1 Å². The minimum Gasteiger partial charge on any atom is -0.478 e. The number of hydrogen-bond donors (Lipinski definition) is 3. The summed E-state index contributed by atoms with van der Waals surface area (Å²) in [5.74, 6) is -0.654. The summed E-state index contributed by atoms with van der Waals surface area (Å²) in [7, 11) is 0. The molecular formula is C11H15N3O3. The van der Waals surface area contributed by atoms with Crippen LogP contribution in [0.15, 0.2) is 12.1 Å². The van der Waals surface area contributed by atoms with Crippen LogP contribution in [0.1, 0.15) is 23.0 Å². The van der Waals surface area contributed by atoms with Gasteiger partial charge in [0.15, 0.2) is 0 Å². The van der Waals surface area contributed by atoms with Gasteiger partial charge >= 0.3 is 5.97 Å². The second-order valence-corrected chi connectivity index (χ2v) is 3.44. The third-order valence-corrected chi connectivity index (χ3v) is 2.12. The van der Waals surface area contributed by atoms with Crippen molar-refractivity contribution in [3.05, 3.63) is 23.4 Å². The number of hydrogen-bond acceptors (Lipinski definition) is 4. The zero-order valence-corrected chi connectivity index (χ0v) is 9.78. The molecule has 92 valence electrons. The molecule has 1 heterocycles.